The van der Waals surface area contributed by atoms with E-state index in [4.69, 9.17) is 12.2 Å². The standard InChI is InChI=1S/C7H9N5S/c1-2-12-6(10-11-7(12)13)5-3-8-9-4-5/h3-4H,2H2,1H3,(H,8,9)(H,11,13). The number of hydrogen-bond acceptors (Lipinski definition) is 3. The Labute approximate surface area is 79.8 Å². The van der Waals surface area contributed by atoms with Crippen molar-refractivity contribution in [3.05, 3.63) is 17.2 Å². The van der Waals surface area contributed by atoms with E-state index >= 15 is 0 Å². The van der Waals surface area contributed by atoms with Crippen LogP contribution < -0.4 is 0 Å². The molecule has 0 radical (unpaired) electrons. The van der Waals surface area contributed by atoms with Crippen LogP contribution in [-0.4, -0.2) is 25.0 Å². The summed E-state index contributed by atoms with van der Waals surface area (Å²) >= 11 is 5.06. The minimum absolute atomic E-state index is 0.638. The monoisotopic (exact) mass is 195 g/mol. The first-order chi connectivity index (χ1) is 6.33. The van der Waals surface area contributed by atoms with Crippen molar-refractivity contribution >= 4 is 12.2 Å². The van der Waals surface area contributed by atoms with Crippen LogP contribution in [0.15, 0.2) is 12.4 Å². The van der Waals surface area contributed by atoms with Crippen molar-refractivity contribution in [2.75, 3.05) is 0 Å². The number of hydrogen-bond donors (Lipinski definition) is 2. The summed E-state index contributed by atoms with van der Waals surface area (Å²) in [7, 11) is 0. The van der Waals surface area contributed by atoms with Crippen molar-refractivity contribution in [3.8, 4) is 11.4 Å². The van der Waals surface area contributed by atoms with Crippen molar-refractivity contribution < 1.29 is 0 Å². The minimum atomic E-state index is 0.638. The van der Waals surface area contributed by atoms with E-state index < -0.39 is 0 Å². The van der Waals surface area contributed by atoms with Crippen LogP contribution in [0.1, 0.15) is 6.92 Å². The second-order valence-corrected chi connectivity index (χ2v) is 2.97. The zero-order valence-corrected chi connectivity index (χ0v) is 7.93. The Kier molecular flexibility index (Phi) is 1.97. The van der Waals surface area contributed by atoms with Gasteiger partial charge in [0.1, 0.15) is 0 Å². The molecule has 68 valence electrons. The molecule has 0 aromatic carbocycles. The van der Waals surface area contributed by atoms with Gasteiger partial charge in [0.2, 0.25) is 0 Å². The Hall–Kier alpha value is -1.43. The molecule has 0 saturated heterocycles. The normalized spacial score (nSPS) is 10.5. The van der Waals surface area contributed by atoms with Crippen LogP contribution in [0.5, 0.6) is 0 Å². The molecule has 0 fully saturated rings. The van der Waals surface area contributed by atoms with Gasteiger partial charge in [-0.25, -0.2) is 0 Å². The van der Waals surface area contributed by atoms with Gasteiger partial charge in [-0.1, -0.05) is 0 Å². The van der Waals surface area contributed by atoms with Gasteiger partial charge in [0, 0.05) is 12.7 Å². The fourth-order valence-corrected chi connectivity index (χ4v) is 1.47. The average molecular weight is 195 g/mol. The van der Waals surface area contributed by atoms with Crippen molar-refractivity contribution in [3.63, 3.8) is 0 Å². The van der Waals surface area contributed by atoms with Gasteiger partial charge in [0.25, 0.3) is 0 Å². The highest BCUT2D eigenvalue weighted by atomic mass is 32.1. The molecule has 2 aromatic rings. The lowest BCUT2D eigenvalue weighted by molar-refractivity contribution is 0.756. The molecular formula is C7H9N5S. The molecule has 0 atom stereocenters. The van der Waals surface area contributed by atoms with Gasteiger partial charge in [-0.05, 0) is 19.1 Å². The van der Waals surface area contributed by atoms with Crippen LogP contribution in [0.2, 0.25) is 0 Å². The van der Waals surface area contributed by atoms with Crippen LogP contribution >= 0.6 is 12.2 Å². The molecule has 0 aliphatic heterocycles. The maximum Gasteiger partial charge on any atom is 0.195 e. The van der Waals surface area contributed by atoms with Gasteiger partial charge in [0.05, 0.1) is 11.8 Å². The molecular weight excluding hydrogens is 186 g/mol. The number of rotatable bonds is 2. The molecule has 0 bridgehead atoms. The molecule has 13 heavy (non-hydrogen) atoms. The SMILES string of the molecule is CCn1c(-c2cn[nH]c2)n[nH]c1=S. The molecule has 2 N–H and O–H groups in total. The van der Waals surface area contributed by atoms with E-state index in [2.05, 4.69) is 20.4 Å². The molecule has 0 aliphatic rings. The molecule has 2 heterocycles. The Morgan fingerprint density at radius 2 is 2.46 bits per heavy atom. The first-order valence-corrected chi connectivity index (χ1v) is 4.38. The quantitative estimate of drug-likeness (QED) is 0.711. The molecule has 0 spiro atoms. The zero-order valence-electron chi connectivity index (χ0n) is 7.11. The Morgan fingerprint density at radius 3 is 3.08 bits per heavy atom. The molecule has 0 amide bonds. The first kappa shape index (κ1) is 8.18. The Morgan fingerprint density at radius 1 is 1.62 bits per heavy atom. The molecule has 0 saturated carbocycles. The highest BCUT2D eigenvalue weighted by Crippen LogP contribution is 2.14. The first-order valence-electron chi connectivity index (χ1n) is 3.97. The number of nitrogens with zero attached hydrogens (tertiary/aromatic N) is 3. The van der Waals surface area contributed by atoms with E-state index in [9.17, 15) is 0 Å². The number of nitrogens with one attached hydrogen (secondary N) is 2. The van der Waals surface area contributed by atoms with Crippen LogP contribution in [0.25, 0.3) is 11.4 Å². The van der Waals surface area contributed by atoms with E-state index in [0.29, 0.717) is 4.77 Å². The van der Waals surface area contributed by atoms with E-state index in [-0.39, 0.29) is 0 Å². The molecule has 2 aromatic heterocycles. The minimum Gasteiger partial charge on any atom is -0.300 e. The third-order valence-corrected chi connectivity index (χ3v) is 2.14. The van der Waals surface area contributed by atoms with Gasteiger partial charge in [-0.3, -0.25) is 10.2 Å². The second kappa shape index (κ2) is 3.14. The molecule has 2 rings (SSSR count). The highest BCUT2D eigenvalue weighted by Gasteiger charge is 2.07. The lowest BCUT2D eigenvalue weighted by atomic mass is 10.3. The number of aromatic amines is 2. The van der Waals surface area contributed by atoms with E-state index in [0.717, 1.165) is 17.9 Å². The van der Waals surface area contributed by atoms with Crippen molar-refractivity contribution in [1.82, 2.24) is 25.0 Å². The predicted octanol–water partition coefficient (Wildman–Crippen LogP) is 1.35. The van der Waals surface area contributed by atoms with Crippen molar-refractivity contribution in [2.24, 2.45) is 0 Å². The topological polar surface area (TPSA) is 62.3 Å². The van der Waals surface area contributed by atoms with Crippen LogP contribution in [0.3, 0.4) is 0 Å². The molecule has 0 aliphatic carbocycles. The van der Waals surface area contributed by atoms with Crippen molar-refractivity contribution in [2.45, 2.75) is 13.5 Å². The smallest absolute Gasteiger partial charge is 0.195 e. The fraction of sp³-hybridized carbons (Fsp3) is 0.286. The number of H-pyrrole nitrogens is 2. The predicted molar refractivity (Wildman–Crippen MR) is 50.7 cm³/mol. The van der Waals surface area contributed by atoms with Gasteiger partial charge < -0.3 is 4.57 Å². The summed E-state index contributed by atoms with van der Waals surface area (Å²) in [6.07, 6.45) is 3.51. The van der Waals surface area contributed by atoms with Gasteiger partial charge in [-0.15, -0.1) is 0 Å². The summed E-state index contributed by atoms with van der Waals surface area (Å²) in [6.45, 7) is 2.82. The second-order valence-electron chi connectivity index (χ2n) is 2.58. The van der Waals surface area contributed by atoms with E-state index in [1.165, 1.54) is 0 Å². The molecule has 6 heteroatoms. The summed E-state index contributed by atoms with van der Waals surface area (Å²) in [5, 5.41) is 13.5. The summed E-state index contributed by atoms with van der Waals surface area (Å²) < 4.78 is 2.55. The van der Waals surface area contributed by atoms with Crippen LogP contribution in [0.4, 0.5) is 0 Å². The van der Waals surface area contributed by atoms with E-state index in [1.54, 1.807) is 12.4 Å². The maximum atomic E-state index is 5.06. The number of aromatic nitrogens is 5. The largest absolute Gasteiger partial charge is 0.300 e. The van der Waals surface area contributed by atoms with Gasteiger partial charge in [-0.2, -0.15) is 10.2 Å². The zero-order chi connectivity index (χ0) is 9.26. The summed E-state index contributed by atoms with van der Waals surface area (Å²) in [6, 6.07) is 0. The van der Waals surface area contributed by atoms with Gasteiger partial charge in [0.15, 0.2) is 10.6 Å². The third kappa shape index (κ3) is 1.29. The van der Waals surface area contributed by atoms with Crippen LogP contribution in [-0.2, 0) is 6.54 Å². The molecule has 5 nitrogen and oxygen atoms in total. The fourth-order valence-electron chi connectivity index (χ4n) is 1.20. The Bertz CT molecular complexity index is 438. The summed E-state index contributed by atoms with van der Waals surface area (Å²) in [5.74, 6) is 0.821. The van der Waals surface area contributed by atoms with Crippen molar-refractivity contribution in [1.29, 1.82) is 0 Å². The highest BCUT2D eigenvalue weighted by molar-refractivity contribution is 7.71. The average Bonchev–Trinajstić information content (AvgIpc) is 2.71. The lowest BCUT2D eigenvalue weighted by Crippen LogP contribution is -1.96. The maximum absolute atomic E-state index is 5.06. The van der Waals surface area contributed by atoms with Gasteiger partial charge >= 0.3 is 0 Å². The summed E-state index contributed by atoms with van der Waals surface area (Å²) in [5.41, 5.74) is 0.939. The Balaban J connectivity index is 2.58. The lowest BCUT2D eigenvalue weighted by Gasteiger charge is -1.98. The van der Waals surface area contributed by atoms with Crippen LogP contribution in [0, 0.1) is 4.77 Å². The summed E-state index contributed by atoms with van der Waals surface area (Å²) in [4.78, 5) is 0. The third-order valence-electron chi connectivity index (χ3n) is 1.83. The van der Waals surface area contributed by atoms with E-state index in [1.807, 2.05) is 11.5 Å². The molecule has 0 unspecified atom stereocenters.